The third-order valence-electron chi connectivity index (χ3n) is 2.92. The largest absolute Gasteiger partial charge is 0.338 e. The van der Waals surface area contributed by atoms with Crippen molar-refractivity contribution < 1.29 is 9.59 Å². The Morgan fingerprint density at radius 2 is 1.89 bits per heavy atom. The molecule has 1 saturated heterocycles. The van der Waals surface area contributed by atoms with E-state index in [1.54, 1.807) is 0 Å². The monoisotopic (exact) mass is 292 g/mol. The molecule has 0 saturated carbocycles. The number of carbonyl (C=O) groups is 2. The molecule has 19 heavy (non-hydrogen) atoms. The van der Waals surface area contributed by atoms with E-state index in [9.17, 15) is 9.59 Å². The summed E-state index contributed by atoms with van der Waals surface area (Å²) in [5.41, 5.74) is 5.79. The highest BCUT2D eigenvalue weighted by Crippen LogP contribution is 2.07. The van der Waals surface area contributed by atoms with Gasteiger partial charge < -0.3 is 11.1 Å². The number of hydrogen-bond acceptors (Lipinski definition) is 4. The zero-order valence-electron chi connectivity index (χ0n) is 11.6. The lowest BCUT2D eigenvalue weighted by atomic mass is 10.1. The van der Waals surface area contributed by atoms with Crippen LogP contribution in [-0.2, 0) is 4.79 Å². The van der Waals surface area contributed by atoms with Crippen LogP contribution in [0.15, 0.2) is 0 Å². The highest BCUT2D eigenvalue weighted by atomic mass is 35.5. The van der Waals surface area contributed by atoms with Crippen molar-refractivity contribution >= 4 is 24.3 Å². The van der Waals surface area contributed by atoms with Crippen molar-refractivity contribution in [1.29, 1.82) is 0 Å². The van der Waals surface area contributed by atoms with E-state index in [4.69, 9.17) is 5.73 Å². The Hall–Kier alpha value is -0.850. The van der Waals surface area contributed by atoms with Crippen LogP contribution >= 0.6 is 12.4 Å². The Morgan fingerprint density at radius 3 is 2.42 bits per heavy atom. The fourth-order valence-electron chi connectivity index (χ4n) is 1.82. The lowest BCUT2D eigenvalue weighted by Crippen LogP contribution is -2.48. The SMILES string of the molecule is CC(C)CNC(=O)NC(=O)CN1CCC(N)CC1.Cl. The number of likely N-dealkylation sites (tertiary alicyclic amines) is 1. The number of nitrogens with two attached hydrogens (primary N) is 1. The molecular formula is C12H25ClN4O2. The van der Waals surface area contributed by atoms with Gasteiger partial charge in [0.2, 0.25) is 5.91 Å². The lowest BCUT2D eigenvalue weighted by molar-refractivity contribution is -0.121. The first-order chi connectivity index (χ1) is 8.47. The van der Waals surface area contributed by atoms with Gasteiger partial charge in [0.25, 0.3) is 0 Å². The summed E-state index contributed by atoms with van der Waals surface area (Å²) in [6.45, 7) is 6.47. The zero-order valence-corrected chi connectivity index (χ0v) is 12.5. The average molecular weight is 293 g/mol. The quantitative estimate of drug-likeness (QED) is 0.696. The molecule has 0 unspecified atom stereocenters. The van der Waals surface area contributed by atoms with Gasteiger partial charge >= 0.3 is 6.03 Å². The fraction of sp³-hybridized carbons (Fsp3) is 0.833. The summed E-state index contributed by atoms with van der Waals surface area (Å²) in [6, 6.07) is -0.166. The Bertz CT molecular complexity index is 291. The summed E-state index contributed by atoms with van der Waals surface area (Å²) >= 11 is 0. The number of rotatable bonds is 4. The van der Waals surface area contributed by atoms with E-state index in [0.717, 1.165) is 25.9 Å². The molecule has 0 aromatic carbocycles. The number of nitrogens with zero attached hydrogens (tertiary/aromatic N) is 1. The molecule has 0 aromatic heterocycles. The second kappa shape index (κ2) is 9.12. The minimum absolute atomic E-state index is 0. The van der Waals surface area contributed by atoms with E-state index >= 15 is 0 Å². The maximum Gasteiger partial charge on any atom is 0.321 e. The van der Waals surface area contributed by atoms with Crippen LogP contribution in [0.5, 0.6) is 0 Å². The van der Waals surface area contributed by atoms with Gasteiger partial charge in [-0.1, -0.05) is 13.8 Å². The predicted molar refractivity (Wildman–Crippen MR) is 77.3 cm³/mol. The van der Waals surface area contributed by atoms with E-state index in [2.05, 4.69) is 10.6 Å². The molecule has 0 aromatic rings. The fourth-order valence-corrected chi connectivity index (χ4v) is 1.82. The van der Waals surface area contributed by atoms with Crippen LogP contribution in [-0.4, -0.2) is 49.1 Å². The van der Waals surface area contributed by atoms with Crippen molar-refractivity contribution in [2.24, 2.45) is 11.7 Å². The molecule has 1 heterocycles. The van der Waals surface area contributed by atoms with Crippen LogP contribution in [0.3, 0.4) is 0 Å². The first-order valence-corrected chi connectivity index (χ1v) is 6.53. The Balaban J connectivity index is 0.00000324. The van der Waals surface area contributed by atoms with Gasteiger partial charge in [-0.3, -0.25) is 15.0 Å². The number of nitrogens with one attached hydrogen (secondary N) is 2. The van der Waals surface area contributed by atoms with Crippen molar-refractivity contribution in [3.63, 3.8) is 0 Å². The van der Waals surface area contributed by atoms with Crippen LogP contribution in [0, 0.1) is 5.92 Å². The van der Waals surface area contributed by atoms with E-state index < -0.39 is 6.03 Å². The molecule has 3 amide bonds. The molecule has 0 spiro atoms. The normalized spacial score (nSPS) is 16.8. The number of halogens is 1. The number of piperidine rings is 1. The maximum atomic E-state index is 11.6. The number of amides is 3. The van der Waals surface area contributed by atoms with Gasteiger partial charge in [0.05, 0.1) is 6.54 Å². The maximum absolute atomic E-state index is 11.6. The highest BCUT2D eigenvalue weighted by Gasteiger charge is 2.18. The van der Waals surface area contributed by atoms with Crippen LogP contribution < -0.4 is 16.4 Å². The molecule has 1 rings (SSSR count). The third-order valence-corrected chi connectivity index (χ3v) is 2.92. The first-order valence-electron chi connectivity index (χ1n) is 6.53. The van der Waals surface area contributed by atoms with E-state index in [-0.39, 0.29) is 30.9 Å². The second-order valence-electron chi connectivity index (χ2n) is 5.27. The molecule has 0 radical (unpaired) electrons. The van der Waals surface area contributed by atoms with E-state index in [0.29, 0.717) is 12.5 Å². The van der Waals surface area contributed by atoms with Gasteiger partial charge in [-0.25, -0.2) is 4.79 Å². The van der Waals surface area contributed by atoms with Gasteiger partial charge in [0.15, 0.2) is 0 Å². The highest BCUT2D eigenvalue weighted by molar-refractivity contribution is 5.95. The van der Waals surface area contributed by atoms with Crippen molar-refractivity contribution in [2.75, 3.05) is 26.2 Å². The molecule has 1 aliphatic rings. The Morgan fingerprint density at radius 1 is 1.32 bits per heavy atom. The van der Waals surface area contributed by atoms with Crippen molar-refractivity contribution in [3.05, 3.63) is 0 Å². The number of imide groups is 1. The summed E-state index contributed by atoms with van der Waals surface area (Å²) in [4.78, 5) is 25.0. The van der Waals surface area contributed by atoms with Gasteiger partial charge in [-0.2, -0.15) is 0 Å². The van der Waals surface area contributed by atoms with Crippen molar-refractivity contribution in [2.45, 2.75) is 32.7 Å². The predicted octanol–water partition coefficient (Wildman–Crippen LogP) is 0.313. The second-order valence-corrected chi connectivity index (χ2v) is 5.27. The first kappa shape index (κ1) is 18.1. The summed E-state index contributed by atoms with van der Waals surface area (Å²) in [6.07, 6.45) is 1.82. The standard InChI is InChI=1S/C12H24N4O2.ClH/c1-9(2)7-14-12(18)15-11(17)8-16-5-3-10(13)4-6-16;/h9-10H,3-8,13H2,1-2H3,(H2,14,15,17,18);1H. The molecule has 0 bridgehead atoms. The molecule has 0 atom stereocenters. The topological polar surface area (TPSA) is 87.5 Å². The summed E-state index contributed by atoms with van der Waals surface area (Å²) in [5, 5.41) is 4.98. The van der Waals surface area contributed by atoms with Crippen LogP contribution in [0.1, 0.15) is 26.7 Å². The molecule has 0 aliphatic carbocycles. The van der Waals surface area contributed by atoms with E-state index in [1.807, 2.05) is 18.7 Å². The Kier molecular flexibility index (Phi) is 8.71. The third kappa shape index (κ3) is 8.02. The molecule has 7 heteroatoms. The average Bonchev–Trinajstić information content (AvgIpc) is 2.29. The number of carbonyl (C=O) groups excluding carboxylic acids is 2. The molecular weight excluding hydrogens is 268 g/mol. The van der Waals surface area contributed by atoms with Crippen LogP contribution in [0.4, 0.5) is 4.79 Å². The Labute approximate surface area is 120 Å². The summed E-state index contributed by atoms with van der Waals surface area (Å²) < 4.78 is 0. The molecule has 1 aliphatic heterocycles. The number of hydrogen-bond donors (Lipinski definition) is 3. The molecule has 4 N–H and O–H groups in total. The molecule has 112 valence electrons. The van der Waals surface area contributed by atoms with Gasteiger partial charge in [-0.15, -0.1) is 12.4 Å². The zero-order chi connectivity index (χ0) is 13.5. The number of urea groups is 1. The van der Waals surface area contributed by atoms with E-state index in [1.165, 1.54) is 0 Å². The van der Waals surface area contributed by atoms with Gasteiger partial charge in [0, 0.05) is 25.7 Å². The lowest BCUT2D eigenvalue weighted by Gasteiger charge is -2.29. The minimum Gasteiger partial charge on any atom is -0.338 e. The molecule has 1 fully saturated rings. The van der Waals surface area contributed by atoms with Crippen LogP contribution in [0.25, 0.3) is 0 Å². The van der Waals surface area contributed by atoms with Crippen LogP contribution in [0.2, 0.25) is 0 Å². The van der Waals surface area contributed by atoms with Crippen molar-refractivity contribution in [1.82, 2.24) is 15.5 Å². The van der Waals surface area contributed by atoms with Crippen molar-refractivity contribution in [3.8, 4) is 0 Å². The van der Waals surface area contributed by atoms with Gasteiger partial charge in [-0.05, 0) is 18.8 Å². The molecule has 6 nitrogen and oxygen atoms in total. The minimum atomic E-state index is -0.414. The summed E-state index contributed by atoms with van der Waals surface area (Å²) in [5.74, 6) is 0.112. The summed E-state index contributed by atoms with van der Waals surface area (Å²) in [7, 11) is 0. The van der Waals surface area contributed by atoms with Gasteiger partial charge in [0.1, 0.15) is 0 Å². The smallest absolute Gasteiger partial charge is 0.321 e.